The number of H-pyrrole nitrogens is 1. The highest BCUT2D eigenvalue weighted by molar-refractivity contribution is 5.94. The normalized spacial score (nSPS) is 12.2. The molecule has 0 saturated carbocycles. The minimum Gasteiger partial charge on any atom is -0.344 e. The molecule has 0 saturated heterocycles. The lowest BCUT2D eigenvalue weighted by atomic mass is 10.1. The fourth-order valence-corrected chi connectivity index (χ4v) is 3.72. The molecule has 1 atom stereocenters. The predicted octanol–water partition coefficient (Wildman–Crippen LogP) is 4.47. The number of rotatable bonds is 4. The summed E-state index contributed by atoms with van der Waals surface area (Å²) < 4.78 is 14.6. The van der Waals surface area contributed by atoms with Gasteiger partial charge < -0.3 is 10.3 Å². The number of amides is 1. The number of hydrogen-bond acceptors (Lipinski definition) is 3. The summed E-state index contributed by atoms with van der Waals surface area (Å²) in [6.45, 7) is 1.80. The van der Waals surface area contributed by atoms with Crippen LogP contribution in [-0.4, -0.2) is 20.5 Å². The summed E-state index contributed by atoms with van der Waals surface area (Å²) in [6.07, 6.45) is 1.70. The highest BCUT2D eigenvalue weighted by atomic mass is 19.1. The van der Waals surface area contributed by atoms with E-state index in [1.807, 2.05) is 42.5 Å². The van der Waals surface area contributed by atoms with Crippen LogP contribution in [-0.2, 0) is 0 Å². The molecule has 3 aromatic carbocycles. The Balaban J connectivity index is 1.45. The van der Waals surface area contributed by atoms with Gasteiger partial charge in [-0.15, -0.1) is 0 Å². The van der Waals surface area contributed by atoms with Crippen LogP contribution in [0.1, 0.15) is 29.0 Å². The number of halogens is 1. The summed E-state index contributed by atoms with van der Waals surface area (Å²) in [5.41, 5.74) is 2.26. The van der Waals surface area contributed by atoms with Crippen molar-refractivity contribution in [3.05, 3.63) is 106 Å². The summed E-state index contributed by atoms with van der Waals surface area (Å²) in [6, 6.07) is 20.9. The van der Waals surface area contributed by atoms with Gasteiger partial charge in [0.05, 0.1) is 17.9 Å². The van der Waals surface area contributed by atoms with Crippen molar-refractivity contribution in [1.29, 1.82) is 0 Å². The molecule has 5 aromatic rings. The lowest BCUT2D eigenvalue weighted by Crippen LogP contribution is -2.27. The standard InChI is InChI=1S/C25H19FN4O2/c1-15(16-8-10-20(26)11-9-16)27-24(31)21-13-23-25(32)28-22(14-30(23)29-21)19-7-6-17-4-2-3-5-18(17)12-19/h2-15H,1H3,(H,27,31)(H,28,32). The third-order valence-corrected chi connectivity index (χ3v) is 5.48. The lowest BCUT2D eigenvalue weighted by Gasteiger charge is -2.13. The van der Waals surface area contributed by atoms with E-state index in [1.54, 1.807) is 25.3 Å². The van der Waals surface area contributed by atoms with Gasteiger partial charge in [0.25, 0.3) is 11.5 Å². The fourth-order valence-electron chi connectivity index (χ4n) is 3.72. The molecule has 2 heterocycles. The molecule has 0 radical (unpaired) electrons. The van der Waals surface area contributed by atoms with Crippen LogP contribution in [0, 0.1) is 5.82 Å². The van der Waals surface area contributed by atoms with Crippen molar-refractivity contribution in [2.45, 2.75) is 13.0 Å². The molecule has 0 aliphatic carbocycles. The van der Waals surface area contributed by atoms with Crippen molar-refractivity contribution in [3.63, 3.8) is 0 Å². The molecule has 6 nitrogen and oxygen atoms in total. The summed E-state index contributed by atoms with van der Waals surface area (Å²) in [5, 5.41) is 9.30. The zero-order chi connectivity index (χ0) is 22.2. The maximum atomic E-state index is 13.1. The minimum atomic E-state index is -0.419. The van der Waals surface area contributed by atoms with Gasteiger partial charge in [-0.05, 0) is 41.5 Å². The van der Waals surface area contributed by atoms with Crippen molar-refractivity contribution in [1.82, 2.24) is 19.9 Å². The summed E-state index contributed by atoms with van der Waals surface area (Å²) in [7, 11) is 0. The average Bonchev–Trinajstić information content (AvgIpc) is 3.24. The second kappa shape index (κ2) is 7.77. The minimum absolute atomic E-state index is 0.125. The highest BCUT2D eigenvalue weighted by Gasteiger charge is 2.17. The topological polar surface area (TPSA) is 79.3 Å². The number of aromatic amines is 1. The molecule has 1 amide bonds. The third-order valence-electron chi connectivity index (χ3n) is 5.48. The smallest absolute Gasteiger partial charge is 0.274 e. The van der Waals surface area contributed by atoms with E-state index in [0.29, 0.717) is 5.69 Å². The van der Waals surface area contributed by atoms with E-state index >= 15 is 0 Å². The average molecular weight is 426 g/mol. The molecular weight excluding hydrogens is 407 g/mol. The van der Waals surface area contributed by atoms with Crippen LogP contribution in [0.15, 0.2) is 83.8 Å². The first-order chi connectivity index (χ1) is 15.5. The zero-order valence-corrected chi connectivity index (χ0v) is 17.2. The second-order valence-corrected chi connectivity index (χ2v) is 7.66. The van der Waals surface area contributed by atoms with Crippen molar-refractivity contribution in [2.75, 3.05) is 0 Å². The van der Waals surface area contributed by atoms with Gasteiger partial charge in [0.1, 0.15) is 11.3 Å². The highest BCUT2D eigenvalue weighted by Crippen LogP contribution is 2.22. The Labute approximate surface area is 182 Å². The number of nitrogens with zero attached hydrogens (tertiary/aromatic N) is 2. The van der Waals surface area contributed by atoms with E-state index in [-0.39, 0.29) is 28.6 Å². The van der Waals surface area contributed by atoms with Crippen molar-refractivity contribution < 1.29 is 9.18 Å². The molecule has 2 aromatic heterocycles. The van der Waals surface area contributed by atoms with Crippen LogP contribution in [0.5, 0.6) is 0 Å². The Morgan fingerprint density at radius 2 is 1.78 bits per heavy atom. The van der Waals surface area contributed by atoms with Crippen LogP contribution < -0.4 is 10.9 Å². The van der Waals surface area contributed by atoms with E-state index in [4.69, 9.17) is 0 Å². The molecule has 0 bridgehead atoms. The van der Waals surface area contributed by atoms with Gasteiger partial charge >= 0.3 is 0 Å². The van der Waals surface area contributed by atoms with Crippen LogP contribution in [0.3, 0.4) is 0 Å². The summed E-state index contributed by atoms with van der Waals surface area (Å²) in [4.78, 5) is 28.2. The molecule has 0 spiro atoms. The Kier molecular flexibility index (Phi) is 4.78. The fraction of sp³-hybridized carbons (Fsp3) is 0.0800. The van der Waals surface area contributed by atoms with Gasteiger partial charge in [0, 0.05) is 11.6 Å². The largest absolute Gasteiger partial charge is 0.344 e. The zero-order valence-electron chi connectivity index (χ0n) is 17.2. The number of nitrogens with one attached hydrogen (secondary N) is 2. The van der Waals surface area contributed by atoms with Gasteiger partial charge in [-0.1, -0.05) is 48.5 Å². The molecule has 158 valence electrons. The maximum Gasteiger partial charge on any atom is 0.274 e. The van der Waals surface area contributed by atoms with Gasteiger partial charge in [-0.3, -0.25) is 9.59 Å². The van der Waals surface area contributed by atoms with E-state index in [2.05, 4.69) is 15.4 Å². The van der Waals surface area contributed by atoms with E-state index in [1.165, 1.54) is 22.7 Å². The van der Waals surface area contributed by atoms with E-state index in [0.717, 1.165) is 21.9 Å². The van der Waals surface area contributed by atoms with Gasteiger partial charge in [-0.25, -0.2) is 8.91 Å². The molecule has 7 heteroatoms. The van der Waals surface area contributed by atoms with Gasteiger partial charge in [0.2, 0.25) is 0 Å². The Bertz CT molecular complexity index is 1520. The van der Waals surface area contributed by atoms with Crippen LogP contribution in [0.4, 0.5) is 4.39 Å². The number of carbonyl (C=O) groups is 1. The monoisotopic (exact) mass is 426 g/mol. The molecule has 2 N–H and O–H groups in total. The Morgan fingerprint density at radius 1 is 1.03 bits per heavy atom. The molecule has 32 heavy (non-hydrogen) atoms. The quantitative estimate of drug-likeness (QED) is 0.445. The number of fused-ring (bicyclic) bond motifs is 2. The molecule has 0 aliphatic heterocycles. The van der Waals surface area contributed by atoms with Gasteiger partial charge in [-0.2, -0.15) is 5.10 Å². The predicted molar refractivity (Wildman–Crippen MR) is 121 cm³/mol. The first-order valence-electron chi connectivity index (χ1n) is 10.2. The van der Waals surface area contributed by atoms with Crippen LogP contribution >= 0.6 is 0 Å². The molecule has 5 rings (SSSR count). The van der Waals surface area contributed by atoms with Gasteiger partial charge in [0.15, 0.2) is 5.69 Å². The summed E-state index contributed by atoms with van der Waals surface area (Å²) in [5.74, 6) is -0.758. The lowest BCUT2D eigenvalue weighted by molar-refractivity contribution is 0.0934. The summed E-state index contributed by atoms with van der Waals surface area (Å²) >= 11 is 0. The molecule has 0 fully saturated rings. The number of hydrogen-bond donors (Lipinski definition) is 2. The molecule has 0 aliphatic rings. The number of benzene rings is 3. The van der Waals surface area contributed by atoms with Crippen LogP contribution in [0.25, 0.3) is 27.5 Å². The van der Waals surface area contributed by atoms with E-state index in [9.17, 15) is 14.0 Å². The van der Waals surface area contributed by atoms with Crippen LogP contribution in [0.2, 0.25) is 0 Å². The number of carbonyl (C=O) groups excluding carboxylic acids is 1. The Hall–Kier alpha value is -4.26. The van der Waals surface area contributed by atoms with Crippen molar-refractivity contribution in [3.8, 4) is 11.3 Å². The first kappa shape index (κ1) is 19.7. The SMILES string of the molecule is CC(NC(=O)c1cc2c(=O)[nH]c(-c3ccc4ccccc4c3)cn2n1)c1ccc(F)cc1. The van der Waals surface area contributed by atoms with E-state index < -0.39 is 5.91 Å². The van der Waals surface area contributed by atoms with Crippen molar-refractivity contribution >= 4 is 22.2 Å². The third kappa shape index (κ3) is 3.65. The first-order valence-corrected chi connectivity index (χ1v) is 10.2. The maximum absolute atomic E-state index is 13.1. The number of aromatic nitrogens is 3. The second-order valence-electron chi connectivity index (χ2n) is 7.66. The molecular formula is C25H19FN4O2. The Morgan fingerprint density at radius 3 is 2.56 bits per heavy atom. The molecule has 1 unspecified atom stereocenters. The van der Waals surface area contributed by atoms with Crippen molar-refractivity contribution in [2.24, 2.45) is 0 Å².